The fourth-order valence-electron chi connectivity index (χ4n) is 2.38. The van der Waals surface area contributed by atoms with Gasteiger partial charge in [0.25, 0.3) is 0 Å². The van der Waals surface area contributed by atoms with Crippen molar-refractivity contribution in [1.29, 1.82) is 0 Å². The van der Waals surface area contributed by atoms with Gasteiger partial charge in [-0.25, -0.2) is 4.79 Å². The van der Waals surface area contributed by atoms with Crippen molar-refractivity contribution >= 4 is 16.9 Å². The third kappa shape index (κ3) is 2.50. The van der Waals surface area contributed by atoms with Gasteiger partial charge in [0, 0.05) is 5.39 Å². The van der Waals surface area contributed by atoms with E-state index in [1.165, 1.54) is 4.68 Å². The highest BCUT2D eigenvalue weighted by Crippen LogP contribution is 2.16. The van der Waals surface area contributed by atoms with Gasteiger partial charge < -0.3 is 4.74 Å². The standard InChI is InChI=1S/C16H12N6O2/c23-16(15-12-8-4-5-9-13(12)17-19-15)24-10-14-18-20-21-22(14)11-6-2-1-3-7-11/h1-9H,10H2,(H,17,19). The molecule has 2 aromatic carbocycles. The Balaban J connectivity index is 1.54. The number of esters is 1. The number of nitrogens with zero attached hydrogens (tertiary/aromatic N) is 5. The van der Waals surface area contributed by atoms with Crippen molar-refractivity contribution in [2.45, 2.75) is 6.61 Å². The van der Waals surface area contributed by atoms with Gasteiger partial charge in [0.05, 0.1) is 11.2 Å². The Morgan fingerprint density at radius 2 is 1.88 bits per heavy atom. The minimum atomic E-state index is -0.532. The number of carbonyl (C=O) groups is 1. The number of nitrogens with one attached hydrogen (secondary N) is 1. The van der Waals surface area contributed by atoms with Crippen LogP contribution in [0.2, 0.25) is 0 Å². The smallest absolute Gasteiger partial charge is 0.359 e. The van der Waals surface area contributed by atoms with Crippen LogP contribution in [-0.4, -0.2) is 36.4 Å². The van der Waals surface area contributed by atoms with Crippen LogP contribution >= 0.6 is 0 Å². The third-order valence-electron chi connectivity index (χ3n) is 3.53. The van der Waals surface area contributed by atoms with Gasteiger partial charge in [-0.1, -0.05) is 36.4 Å². The first-order valence-corrected chi connectivity index (χ1v) is 7.26. The molecule has 0 unspecified atom stereocenters. The molecule has 4 rings (SSSR count). The van der Waals surface area contributed by atoms with Gasteiger partial charge in [-0.3, -0.25) is 5.10 Å². The second-order valence-corrected chi connectivity index (χ2v) is 5.04. The summed E-state index contributed by atoms with van der Waals surface area (Å²) in [5.41, 5.74) is 1.81. The largest absolute Gasteiger partial charge is 0.453 e. The van der Waals surface area contributed by atoms with Crippen molar-refractivity contribution in [3.8, 4) is 5.69 Å². The maximum Gasteiger partial charge on any atom is 0.359 e. The Bertz CT molecular complexity index is 992. The molecule has 1 N–H and O–H groups in total. The first-order valence-electron chi connectivity index (χ1n) is 7.26. The highest BCUT2D eigenvalue weighted by molar-refractivity contribution is 6.01. The van der Waals surface area contributed by atoms with E-state index in [1.807, 2.05) is 54.6 Å². The molecule has 0 amide bonds. The molecule has 0 aliphatic rings. The molecule has 0 spiro atoms. The number of aromatic amines is 1. The molecule has 0 radical (unpaired) electrons. The van der Waals surface area contributed by atoms with Crippen molar-refractivity contribution in [2.24, 2.45) is 0 Å². The number of rotatable bonds is 4. The van der Waals surface area contributed by atoms with Gasteiger partial charge in [-0.2, -0.15) is 9.78 Å². The summed E-state index contributed by atoms with van der Waals surface area (Å²) in [4.78, 5) is 12.3. The van der Waals surface area contributed by atoms with Gasteiger partial charge in [0.15, 0.2) is 18.1 Å². The minimum Gasteiger partial charge on any atom is -0.453 e. The Morgan fingerprint density at radius 1 is 1.08 bits per heavy atom. The van der Waals surface area contributed by atoms with Crippen molar-refractivity contribution < 1.29 is 9.53 Å². The molecule has 0 aliphatic carbocycles. The monoisotopic (exact) mass is 320 g/mol. The van der Waals surface area contributed by atoms with E-state index in [0.717, 1.165) is 11.2 Å². The number of hydrogen-bond donors (Lipinski definition) is 1. The van der Waals surface area contributed by atoms with Gasteiger partial charge in [0.2, 0.25) is 0 Å². The van der Waals surface area contributed by atoms with Gasteiger partial charge in [0.1, 0.15) is 0 Å². The average molecular weight is 320 g/mol. The van der Waals surface area contributed by atoms with Crippen molar-refractivity contribution in [3.63, 3.8) is 0 Å². The molecule has 118 valence electrons. The van der Waals surface area contributed by atoms with Crippen LogP contribution in [0.15, 0.2) is 54.6 Å². The number of carbonyl (C=O) groups excluding carboxylic acids is 1. The van der Waals surface area contributed by atoms with E-state index in [1.54, 1.807) is 0 Å². The molecule has 4 aromatic rings. The summed E-state index contributed by atoms with van der Waals surface area (Å²) in [5, 5.41) is 19.0. The van der Waals surface area contributed by atoms with E-state index >= 15 is 0 Å². The number of fused-ring (bicyclic) bond motifs is 1. The van der Waals surface area contributed by atoms with E-state index in [9.17, 15) is 4.79 Å². The molecule has 0 saturated heterocycles. The number of hydrogen-bond acceptors (Lipinski definition) is 6. The van der Waals surface area contributed by atoms with Crippen LogP contribution in [-0.2, 0) is 11.3 Å². The molecule has 2 heterocycles. The maximum atomic E-state index is 12.3. The zero-order valence-electron chi connectivity index (χ0n) is 12.5. The lowest BCUT2D eigenvalue weighted by molar-refractivity contribution is 0.0455. The van der Waals surface area contributed by atoms with Crippen LogP contribution in [0, 0.1) is 0 Å². The quantitative estimate of drug-likeness (QED) is 0.577. The van der Waals surface area contributed by atoms with Crippen LogP contribution in [0.3, 0.4) is 0 Å². The van der Waals surface area contributed by atoms with Crippen LogP contribution in [0.25, 0.3) is 16.6 Å². The minimum absolute atomic E-state index is 0.0537. The molecule has 24 heavy (non-hydrogen) atoms. The molecule has 8 nitrogen and oxygen atoms in total. The molecule has 0 atom stereocenters. The summed E-state index contributed by atoms with van der Waals surface area (Å²) >= 11 is 0. The first kappa shape index (κ1) is 14.1. The van der Waals surface area contributed by atoms with Crippen LogP contribution in [0.5, 0.6) is 0 Å². The summed E-state index contributed by atoms with van der Waals surface area (Å²) in [6, 6.07) is 16.7. The number of tetrazole rings is 1. The average Bonchev–Trinajstić information content (AvgIpc) is 3.27. The van der Waals surface area contributed by atoms with E-state index in [2.05, 4.69) is 25.7 Å². The van der Waals surface area contributed by atoms with Crippen molar-refractivity contribution in [1.82, 2.24) is 30.4 Å². The number of ether oxygens (including phenoxy) is 1. The van der Waals surface area contributed by atoms with Gasteiger partial charge >= 0.3 is 5.97 Å². The van der Waals surface area contributed by atoms with E-state index in [-0.39, 0.29) is 12.3 Å². The second kappa shape index (κ2) is 5.92. The van der Waals surface area contributed by atoms with Crippen LogP contribution < -0.4 is 0 Å². The fraction of sp³-hybridized carbons (Fsp3) is 0.0625. The molecular formula is C16H12N6O2. The lowest BCUT2D eigenvalue weighted by atomic mass is 10.2. The highest BCUT2D eigenvalue weighted by atomic mass is 16.5. The lowest BCUT2D eigenvalue weighted by Crippen LogP contribution is -2.10. The highest BCUT2D eigenvalue weighted by Gasteiger charge is 2.17. The third-order valence-corrected chi connectivity index (χ3v) is 3.53. The molecular weight excluding hydrogens is 308 g/mol. The second-order valence-electron chi connectivity index (χ2n) is 5.04. The van der Waals surface area contributed by atoms with E-state index in [4.69, 9.17) is 4.74 Å². The molecule has 0 bridgehead atoms. The van der Waals surface area contributed by atoms with Gasteiger partial charge in [-0.05, 0) is 28.6 Å². The predicted molar refractivity (Wildman–Crippen MR) is 84.4 cm³/mol. The Morgan fingerprint density at radius 3 is 2.75 bits per heavy atom. The van der Waals surface area contributed by atoms with E-state index in [0.29, 0.717) is 11.2 Å². The lowest BCUT2D eigenvalue weighted by Gasteiger charge is -2.05. The summed E-state index contributed by atoms with van der Waals surface area (Å²) in [5.74, 6) is -0.107. The van der Waals surface area contributed by atoms with Crippen LogP contribution in [0.4, 0.5) is 0 Å². The number of H-pyrrole nitrogens is 1. The number of aromatic nitrogens is 6. The van der Waals surface area contributed by atoms with Crippen LogP contribution in [0.1, 0.15) is 16.3 Å². The predicted octanol–water partition coefficient (Wildman–Crippen LogP) is 1.90. The Kier molecular flexibility index (Phi) is 3.47. The summed E-state index contributed by atoms with van der Waals surface area (Å²) in [6.45, 7) is -0.0537. The fourth-order valence-corrected chi connectivity index (χ4v) is 2.38. The van der Waals surface area contributed by atoms with Crippen molar-refractivity contribution in [2.75, 3.05) is 0 Å². The zero-order chi connectivity index (χ0) is 16.4. The topological polar surface area (TPSA) is 98.6 Å². The maximum absolute atomic E-state index is 12.3. The number of para-hydroxylation sites is 2. The number of benzene rings is 2. The van der Waals surface area contributed by atoms with Gasteiger partial charge in [-0.15, -0.1) is 5.10 Å². The molecule has 0 saturated carbocycles. The summed E-state index contributed by atoms with van der Waals surface area (Å²) in [6.07, 6.45) is 0. The zero-order valence-corrected chi connectivity index (χ0v) is 12.5. The summed E-state index contributed by atoms with van der Waals surface area (Å²) < 4.78 is 6.84. The normalized spacial score (nSPS) is 10.8. The molecule has 0 aliphatic heterocycles. The molecule has 0 fully saturated rings. The SMILES string of the molecule is O=C(OCc1nnnn1-c1ccccc1)c1n[nH]c2ccccc12. The van der Waals surface area contributed by atoms with E-state index < -0.39 is 5.97 Å². The summed E-state index contributed by atoms with van der Waals surface area (Å²) in [7, 11) is 0. The molecule has 8 heteroatoms. The van der Waals surface area contributed by atoms with Crippen molar-refractivity contribution in [3.05, 3.63) is 66.1 Å². The molecule has 2 aromatic heterocycles. The Hall–Kier alpha value is -3.55. The Labute approximate surface area is 136 Å². The first-order chi connectivity index (χ1) is 11.8.